The van der Waals surface area contributed by atoms with Crippen LogP contribution in [0.1, 0.15) is 27.2 Å². The first-order valence-electron chi connectivity index (χ1n) is 6.95. The summed E-state index contributed by atoms with van der Waals surface area (Å²) in [6.45, 7) is 6.42. The lowest BCUT2D eigenvalue weighted by molar-refractivity contribution is 0.175. The molecule has 0 aromatic heterocycles. The SMILES string of the molecule is CC(C)(C)CN(CCCO)C(=O)Nc1c(F)cc(Cl)cc1F. The Morgan fingerprint density at radius 2 is 1.86 bits per heavy atom. The van der Waals surface area contributed by atoms with Gasteiger partial charge in [0, 0.05) is 24.7 Å². The molecule has 0 spiro atoms. The molecule has 0 radical (unpaired) electrons. The minimum Gasteiger partial charge on any atom is -0.396 e. The van der Waals surface area contributed by atoms with E-state index in [2.05, 4.69) is 5.32 Å². The maximum absolute atomic E-state index is 13.7. The second-order valence-electron chi connectivity index (χ2n) is 6.23. The van der Waals surface area contributed by atoms with Crippen LogP contribution < -0.4 is 5.32 Å². The molecule has 1 rings (SSSR count). The Bertz CT molecular complexity index is 510. The van der Waals surface area contributed by atoms with E-state index in [9.17, 15) is 13.6 Å². The van der Waals surface area contributed by atoms with Gasteiger partial charge in [0.15, 0.2) is 11.6 Å². The van der Waals surface area contributed by atoms with Crippen molar-refractivity contribution in [2.75, 3.05) is 25.0 Å². The molecule has 0 aliphatic carbocycles. The number of nitrogens with zero attached hydrogens (tertiary/aromatic N) is 1. The van der Waals surface area contributed by atoms with E-state index in [1.807, 2.05) is 20.8 Å². The molecule has 0 heterocycles. The van der Waals surface area contributed by atoms with Gasteiger partial charge in [-0.1, -0.05) is 32.4 Å². The number of amides is 2. The summed E-state index contributed by atoms with van der Waals surface area (Å²) >= 11 is 5.55. The second-order valence-corrected chi connectivity index (χ2v) is 6.67. The molecule has 2 amide bonds. The van der Waals surface area contributed by atoms with Crippen molar-refractivity contribution in [2.45, 2.75) is 27.2 Å². The minimum absolute atomic E-state index is 0.0718. The van der Waals surface area contributed by atoms with E-state index in [0.29, 0.717) is 13.0 Å². The first kappa shape index (κ1) is 18.6. The average Bonchev–Trinajstić information content (AvgIpc) is 2.37. The summed E-state index contributed by atoms with van der Waals surface area (Å²) in [6, 6.07) is 1.24. The van der Waals surface area contributed by atoms with Crippen LogP contribution in [0.25, 0.3) is 0 Å². The summed E-state index contributed by atoms with van der Waals surface area (Å²) in [4.78, 5) is 13.7. The van der Waals surface area contributed by atoms with Gasteiger partial charge in [0.1, 0.15) is 5.69 Å². The number of carbonyl (C=O) groups is 1. The standard InChI is InChI=1S/C15H21ClF2N2O2/c1-15(2,3)9-20(5-4-6-21)14(22)19-13-11(17)7-10(16)8-12(13)18/h7-8,21H,4-6,9H2,1-3H3,(H,19,22). The Morgan fingerprint density at radius 3 is 2.32 bits per heavy atom. The maximum atomic E-state index is 13.7. The lowest BCUT2D eigenvalue weighted by Gasteiger charge is -2.30. The Balaban J connectivity index is 2.91. The molecule has 4 nitrogen and oxygen atoms in total. The van der Waals surface area contributed by atoms with Crippen molar-refractivity contribution in [3.63, 3.8) is 0 Å². The minimum atomic E-state index is -0.934. The van der Waals surface area contributed by atoms with Gasteiger partial charge in [-0.2, -0.15) is 0 Å². The van der Waals surface area contributed by atoms with Crippen LogP contribution in [0, 0.1) is 17.0 Å². The summed E-state index contributed by atoms with van der Waals surface area (Å²) < 4.78 is 27.5. The van der Waals surface area contributed by atoms with E-state index in [0.717, 1.165) is 12.1 Å². The number of rotatable bonds is 5. The molecule has 0 unspecified atom stereocenters. The van der Waals surface area contributed by atoms with Crippen LogP contribution in [0.3, 0.4) is 0 Å². The molecule has 1 aromatic carbocycles. The van der Waals surface area contributed by atoms with Crippen molar-refractivity contribution < 1.29 is 18.7 Å². The number of hydrogen-bond donors (Lipinski definition) is 2. The zero-order valence-corrected chi connectivity index (χ0v) is 13.7. The van der Waals surface area contributed by atoms with Crippen LogP contribution in [0.2, 0.25) is 5.02 Å². The number of benzene rings is 1. The molecule has 22 heavy (non-hydrogen) atoms. The molecule has 0 atom stereocenters. The lowest BCUT2D eigenvalue weighted by atomic mass is 9.96. The number of urea groups is 1. The van der Waals surface area contributed by atoms with Gasteiger partial charge >= 0.3 is 6.03 Å². The first-order chi connectivity index (χ1) is 10.1. The topological polar surface area (TPSA) is 52.6 Å². The van der Waals surface area contributed by atoms with Crippen LogP contribution in [-0.4, -0.2) is 35.7 Å². The van der Waals surface area contributed by atoms with E-state index < -0.39 is 23.4 Å². The first-order valence-corrected chi connectivity index (χ1v) is 7.33. The van der Waals surface area contributed by atoms with Gasteiger partial charge in [-0.3, -0.25) is 0 Å². The zero-order chi connectivity index (χ0) is 16.9. The molecule has 0 fully saturated rings. The van der Waals surface area contributed by atoms with Crippen LogP contribution in [-0.2, 0) is 0 Å². The van der Waals surface area contributed by atoms with E-state index in [1.165, 1.54) is 4.90 Å². The van der Waals surface area contributed by atoms with Crippen molar-refractivity contribution in [3.8, 4) is 0 Å². The van der Waals surface area contributed by atoms with Gasteiger partial charge in [-0.25, -0.2) is 13.6 Å². The Kier molecular flexibility index (Phi) is 6.56. The molecule has 0 bridgehead atoms. The zero-order valence-electron chi connectivity index (χ0n) is 12.9. The average molecular weight is 335 g/mol. The molecular formula is C15H21ClF2N2O2. The van der Waals surface area contributed by atoms with Crippen molar-refractivity contribution in [1.29, 1.82) is 0 Å². The highest BCUT2D eigenvalue weighted by atomic mass is 35.5. The summed E-state index contributed by atoms with van der Waals surface area (Å²) in [5.41, 5.74) is -0.721. The maximum Gasteiger partial charge on any atom is 0.322 e. The van der Waals surface area contributed by atoms with Crippen molar-refractivity contribution in [3.05, 3.63) is 28.8 Å². The van der Waals surface area contributed by atoms with Crippen molar-refractivity contribution in [1.82, 2.24) is 4.90 Å². The van der Waals surface area contributed by atoms with E-state index in [1.54, 1.807) is 0 Å². The highest BCUT2D eigenvalue weighted by molar-refractivity contribution is 6.30. The molecule has 0 saturated heterocycles. The molecule has 124 valence electrons. The van der Waals surface area contributed by atoms with E-state index >= 15 is 0 Å². The van der Waals surface area contributed by atoms with Gasteiger partial charge in [-0.15, -0.1) is 0 Å². The Morgan fingerprint density at radius 1 is 1.32 bits per heavy atom. The van der Waals surface area contributed by atoms with E-state index in [4.69, 9.17) is 16.7 Å². The molecule has 7 heteroatoms. The number of aliphatic hydroxyl groups excluding tert-OH is 1. The fourth-order valence-corrected chi connectivity index (χ4v) is 2.13. The summed E-state index contributed by atoms with van der Waals surface area (Å²) in [7, 11) is 0. The monoisotopic (exact) mass is 334 g/mol. The number of hydrogen-bond acceptors (Lipinski definition) is 2. The summed E-state index contributed by atoms with van der Waals surface area (Å²) in [5, 5.41) is 11.1. The number of anilines is 1. The van der Waals surface area contributed by atoms with Crippen LogP contribution in [0.15, 0.2) is 12.1 Å². The van der Waals surface area contributed by atoms with Crippen molar-refractivity contribution in [2.24, 2.45) is 5.41 Å². The number of carbonyl (C=O) groups excluding carboxylic acids is 1. The second kappa shape index (κ2) is 7.74. The smallest absolute Gasteiger partial charge is 0.322 e. The third-order valence-corrected chi connectivity index (χ3v) is 3.00. The van der Waals surface area contributed by atoms with Gasteiger partial charge in [0.25, 0.3) is 0 Å². The fraction of sp³-hybridized carbons (Fsp3) is 0.533. The largest absolute Gasteiger partial charge is 0.396 e. The van der Waals surface area contributed by atoms with Gasteiger partial charge < -0.3 is 15.3 Å². The lowest BCUT2D eigenvalue weighted by Crippen LogP contribution is -2.41. The number of nitrogens with one attached hydrogen (secondary N) is 1. The number of aliphatic hydroxyl groups is 1. The fourth-order valence-electron chi connectivity index (χ4n) is 1.93. The third-order valence-electron chi connectivity index (χ3n) is 2.78. The normalized spacial score (nSPS) is 11.4. The van der Waals surface area contributed by atoms with Gasteiger partial charge in [-0.05, 0) is 24.0 Å². The third kappa shape index (κ3) is 5.77. The van der Waals surface area contributed by atoms with Gasteiger partial charge in [0.05, 0.1) is 0 Å². The molecular weight excluding hydrogens is 314 g/mol. The summed E-state index contributed by atoms with van der Waals surface area (Å²) in [6.07, 6.45) is 0.384. The molecule has 2 N–H and O–H groups in total. The quantitative estimate of drug-likeness (QED) is 0.858. The highest BCUT2D eigenvalue weighted by Gasteiger charge is 2.22. The van der Waals surface area contributed by atoms with Crippen molar-refractivity contribution >= 4 is 23.3 Å². The number of halogens is 3. The van der Waals surface area contributed by atoms with Gasteiger partial charge in [0.2, 0.25) is 0 Å². The highest BCUT2D eigenvalue weighted by Crippen LogP contribution is 2.24. The molecule has 0 saturated carbocycles. The van der Waals surface area contributed by atoms with E-state index in [-0.39, 0.29) is 23.6 Å². The Labute approximate surface area is 134 Å². The predicted molar refractivity (Wildman–Crippen MR) is 83.1 cm³/mol. The predicted octanol–water partition coefficient (Wildman–Crippen LogP) is 3.88. The van der Waals surface area contributed by atoms with Crippen LogP contribution >= 0.6 is 11.6 Å². The van der Waals surface area contributed by atoms with Crippen LogP contribution in [0.5, 0.6) is 0 Å². The van der Waals surface area contributed by atoms with Crippen LogP contribution in [0.4, 0.5) is 19.3 Å². The summed E-state index contributed by atoms with van der Waals surface area (Å²) in [5.74, 6) is -1.87. The Hall–Kier alpha value is -1.40. The molecule has 0 aliphatic rings. The molecule has 1 aromatic rings. The molecule has 0 aliphatic heterocycles.